The van der Waals surface area contributed by atoms with Gasteiger partial charge in [-0.3, -0.25) is 0 Å². The molecule has 1 aromatic heterocycles. The molecule has 15 heavy (non-hydrogen) atoms. The lowest BCUT2D eigenvalue weighted by Crippen LogP contribution is -2.31. The van der Waals surface area contributed by atoms with Crippen LogP contribution in [0.2, 0.25) is 10.3 Å². The quantitative estimate of drug-likeness (QED) is 0.814. The molecule has 1 aliphatic rings. The van der Waals surface area contributed by atoms with E-state index in [0.29, 0.717) is 16.2 Å². The van der Waals surface area contributed by atoms with Gasteiger partial charge in [0.25, 0.3) is 0 Å². The minimum Gasteiger partial charge on any atom is -0.316 e. The summed E-state index contributed by atoms with van der Waals surface area (Å²) < 4.78 is 0. The van der Waals surface area contributed by atoms with Crippen LogP contribution in [0.1, 0.15) is 18.4 Å². The molecule has 5 heteroatoms. The fourth-order valence-electron chi connectivity index (χ4n) is 1.93. The van der Waals surface area contributed by atoms with E-state index in [-0.39, 0.29) is 0 Å². The average molecular weight is 246 g/mol. The molecule has 2 rings (SSSR count). The highest BCUT2D eigenvalue weighted by Gasteiger charge is 2.17. The van der Waals surface area contributed by atoms with Gasteiger partial charge in [-0.05, 0) is 38.3 Å². The summed E-state index contributed by atoms with van der Waals surface area (Å²) in [4.78, 5) is 7.91. The fraction of sp³-hybridized carbons (Fsp3) is 0.600. The Morgan fingerprint density at radius 3 is 2.67 bits per heavy atom. The van der Waals surface area contributed by atoms with Crippen molar-refractivity contribution in [3.05, 3.63) is 22.2 Å². The van der Waals surface area contributed by atoms with E-state index in [2.05, 4.69) is 15.3 Å². The van der Waals surface area contributed by atoms with Crippen molar-refractivity contribution in [1.29, 1.82) is 0 Å². The third-order valence-corrected chi connectivity index (χ3v) is 3.38. The maximum Gasteiger partial charge on any atom is 0.137 e. The third kappa shape index (κ3) is 2.80. The van der Waals surface area contributed by atoms with Crippen LogP contribution in [0.15, 0.2) is 6.33 Å². The molecule has 0 saturated carbocycles. The van der Waals surface area contributed by atoms with Crippen LogP contribution in [0, 0.1) is 5.92 Å². The standard InChI is InChI=1S/C10H13Cl2N3/c11-9-8(10(12)15-6-14-9)4-7-2-1-3-13-5-7/h6-7,13H,1-5H2. The van der Waals surface area contributed by atoms with Crippen molar-refractivity contribution >= 4 is 23.2 Å². The van der Waals surface area contributed by atoms with Gasteiger partial charge in [0.15, 0.2) is 0 Å². The monoisotopic (exact) mass is 245 g/mol. The normalized spacial score (nSPS) is 21.6. The second-order valence-electron chi connectivity index (χ2n) is 3.85. The molecule has 3 nitrogen and oxygen atoms in total. The van der Waals surface area contributed by atoms with Crippen LogP contribution < -0.4 is 5.32 Å². The number of piperidine rings is 1. The molecule has 1 fully saturated rings. The minimum atomic E-state index is 0.487. The van der Waals surface area contributed by atoms with E-state index in [0.717, 1.165) is 25.1 Å². The lowest BCUT2D eigenvalue weighted by atomic mass is 9.93. The predicted molar refractivity (Wildman–Crippen MR) is 61.3 cm³/mol. The molecule has 1 aliphatic heterocycles. The minimum absolute atomic E-state index is 0.487. The summed E-state index contributed by atoms with van der Waals surface area (Å²) in [6, 6.07) is 0. The third-order valence-electron chi connectivity index (χ3n) is 2.73. The van der Waals surface area contributed by atoms with E-state index < -0.39 is 0 Å². The smallest absolute Gasteiger partial charge is 0.137 e. The number of hydrogen-bond acceptors (Lipinski definition) is 3. The van der Waals surface area contributed by atoms with Crippen LogP contribution in [0.25, 0.3) is 0 Å². The SMILES string of the molecule is Clc1ncnc(Cl)c1CC1CCCNC1. The zero-order chi connectivity index (χ0) is 10.7. The van der Waals surface area contributed by atoms with E-state index in [1.54, 1.807) is 0 Å². The van der Waals surface area contributed by atoms with Crippen molar-refractivity contribution in [3.8, 4) is 0 Å². The topological polar surface area (TPSA) is 37.8 Å². The molecule has 0 amide bonds. The Kier molecular flexibility index (Phi) is 3.78. The van der Waals surface area contributed by atoms with Crippen LogP contribution in [0.4, 0.5) is 0 Å². The first-order valence-electron chi connectivity index (χ1n) is 5.13. The highest BCUT2D eigenvalue weighted by atomic mass is 35.5. The molecular weight excluding hydrogens is 233 g/mol. The zero-order valence-electron chi connectivity index (χ0n) is 8.34. The number of hydrogen-bond donors (Lipinski definition) is 1. The van der Waals surface area contributed by atoms with E-state index in [9.17, 15) is 0 Å². The first kappa shape index (κ1) is 11.1. The molecule has 1 atom stereocenters. The molecular formula is C10H13Cl2N3. The van der Waals surface area contributed by atoms with Crippen molar-refractivity contribution in [3.63, 3.8) is 0 Å². The van der Waals surface area contributed by atoms with Gasteiger partial charge in [-0.25, -0.2) is 9.97 Å². The van der Waals surface area contributed by atoms with E-state index in [1.165, 1.54) is 19.2 Å². The molecule has 0 bridgehead atoms. The molecule has 1 N–H and O–H groups in total. The first-order chi connectivity index (χ1) is 7.27. The number of rotatable bonds is 2. The van der Waals surface area contributed by atoms with Gasteiger partial charge in [-0.2, -0.15) is 0 Å². The van der Waals surface area contributed by atoms with E-state index in [4.69, 9.17) is 23.2 Å². The number of nitrogens with zero attached hydrogens (tertiary/aromatic N) is 2. The zero-order valence-corrected chi connectivity index (χ0v) is 9.85. The van der Waals surface area contributed by atoms with Crippen molar-refractivity contribution in [1.82, 2.24) is 15.3 Å². The second-order valence-corrected chi connectivity index (χ2v) is 4.57. The molecule has 0 radical (unpaired) electrons. The highest BCUT2D eigenvalue weighted by Crippen LogP contribution is 2.25. The summed E-state index contributed by atoms with van der Waals surface area (Å²) in [5.74, 6) is 0.597. The maximum atomic E-state index is 5.99. The Balaban J connectivity index is 2.09. The lowest BCUT2D eigenvalue weighted by Gasteiger charge is -2.22. The summed E-state index contributed by atoms with van der Waals surface area (Å²) in [5, 5.41) is 4.34. The Morgan fingerprint density at radius 2 is 2.07 bits per heavy atom. The molecule has 1 saturated heterocycles. The van der Waals surface area contributed by atoms with Crippen LogP contribution in [0.3, 0.4) is 0 Å². The Labute approximate surface area is 99.2 Å². The van der Waals surface area contributed by atoms with Gasteiger partial charge in [-0.15, -0.1) is 0 Å². The van der Waals surface area contributed by atoms with Crippen molar-refractivity contribution < 1.29 is 0 Å². The molecule has 0 aliphatic carbocycles. The Morgan fingerprint density at radius 1 is 1.33 bits per heavy atom. The Bertz CT molecular complexity index is 317. The van der Waals surface area contributed by atoms with Gasteiger partial charge in [0, 0.05) is 5.56 Å². The van der Waals surface area contributed by atoms with Crippen molar-refractivity contribution in [2.24, 2.45) is 5.92 Å². The second kappa shape index (κ2) is 5.10. The van der Waals surface area contributed by atoms with Gasteiger partial charge >= 0.3 is 0 Å². The van der Waals surface area contributed by atoms with E-state index in [1.807, 2.05) is 0 Å². The van der Waals surface area contributed by atoms with Gasteiger partial charge in [-0.1, -0.05) is 23.2 Å². The summed E-state index contributed by atoms with van der Waals surface area (Å²) in [7, 11) is 0. The Hall–Kier alpha value is -0.380. The first-order valence-corrected chi connectivity index (χ1v) is 5.88. The molecule has 1 unspecified atom stereocenters. The van der Waals surface area contributed by atoms with E-state index >= 15 is 0 Å². The number of aromatic nitrogens is 2. The van der Waals surface area contributed by atoms with Crippen LogP contribution in [0.5, 0.6) is 0 Å². The summed E-state index contributed by atoms with van der Waals surface area (Å²) >= 11 is 12.0. The molecule has 0 aromatic carbocycles. The predicted octanol–water partition coefficient (Wildman–Crippen LogP) is 2.33. The molecule has 2 heterocycles. The fourth-order valence-corrected chi connectivity index (χ4v) is 2.40. The summed E-state index contributed by atoms with van der Waals surface area (Å²) in [6.07, 6.45) is 4.70. The molecule has 1 aromatic rings. The number of halogens is 2. The van der Waals surface area contributed by atoms with Crippen LogP contribution >= 0.6 is 23.2 Å². The van der Waals surface area contributed by atoms with Gasteiger partial charge in [0.05, 0.1) is 0 Å². The molecule has 82 valence electrons. The summed E-state index contributed by atoms with van der Waals surface area (Å²) in [5.41, 5.74) is 0.884. The van der Waals surface area contributed by atoms with Crippen molar-refractivity contribution in [2.75, 3.05) is 13.1 Å². The average Bonchev–Trinajstić information content (AvgIpc) is 2.25. The largest absolute Gasteiger partial charge is 0.316 e. The lowest BCUT2D eigenvalue weighted by molar-refractivity contribution is 0.375. The summed E-state index contributed by atoms with van der Waals surface area (Å²) in [6.45, 7) is 2.14. The van der Waals surface area contributed by atoms with Crippen molar-refractivity contribution in [2.45, 2.75) is 19.3 Å². The molecule has 0 spiro atoms. The van der Waals surface area contributed by atoms with Gasteiger partial charge in [0.1, 0.15) is 16.6 Å². The van der Waals surface area contributed by atoms with Gasteiger partial charge < -0.3 is 5.32 Å². The maximum absolute atomic E-state index is 5.99. The van der Waals surface area contributed by atoms with Crippen LogP contribution in [-0.2, 0) is 6.42 Å². The highest BCUT2D eigenvalue weighted by molar-refractivity contribution is 6.34. The number of nitrogens with one attached hydrogen (secondary N) is 1. The van der Waals surface area contributed by atoms with Gasteiger partial charge in [0.2, 0.25) is 0 Å². The van der Waals surface area contributed by atoms with Crippen LogP contribution in [-0.4, -0.2) is 23.1 Å².